The highest BCUT2D eigenvalue weighted by molar-refractivity contribution is 8.00. The van der Waals surface area contributed by atoms with Crippen molar-refractivity contribution in [2.24, 2.45) is 5.92 Å². The number of thioether (sulfide) groups is 1. The summed E-state index contributed by atoms with van der Waals surface area (Å²) in [5.41, 5.74) is 0. The topological polar surface area (TPSA) is 32.3 Å². The van der Waals surface area contributed by atoms with Gasteiger partial charge in [0, 0.05) is 17.8 Å². The summed E-state index contributed by atoms with van der Waals surface area (Å²) in [6.45, 7) is 3.27. The maximum atomic E-state index is 12.5. The van der Waals surface area contributed by atoms with E-state index in [1.807, 2.05) is 11.8 Å². The third-order valence-electron chi connectivity index (χ3n) is 5.04. The molecule has 0 spiro atoms. The van der Waals surface area contributed by atoms with Gasteiger partial charge in [0.1, 0.15) is 0 Å². The fourth-order valence-electron chi connectivity index (χ4n) is 4.00. The van der Waals surface area contributed by atoms with Crippen molar-refractivity contribution in [2.45, 2.75) is 56.2 Å². The molecular formula is C15H26N2OS. The van der Waals surface area contributed by atoms with Crippen LogP contribution in [0.4, 0.5) is 0 Å². The van der Waals surface area contributed by atoms with Crippen molar-refractivity contribution in [3.63, 3.8) is 0 Å². The molecule has 0 radical (unpaired) electrons. The van der Waals surface area contributed by atoms with E-state index in [0.29, 0.717) is 23.0 Å². The van der Waals surface area contributed by atoms with Crippen molar-refractivity contribution in [3.8, 4) is 0 Å². The number of hydrogen-bond acceptors (Lipinski definition) is 3. The predicted molar refractivity (Wildman–Crippen MR) is 80.4 cm³/mol. The fourth-order valence-corrected chi connectivity index (χ4v) is 5.11. The average Bonchev–Trinajstić information content (AvgIpc) is 2.94. The third-order valence-corrected chi connectivity index (χ3v) is 6.40. The first kappa shape index (κ1) is 13.7. The van der Waals surface area contributed by atoms with E-state index in [4.69, 9.17) is 0 Å². The minimum absolute atomic E-state index is 0.417. The number of carbonyl (C=O) groups is 1. The normalized spacial score (nSPS) is 32.3. The molecule has 0 aromatic carbocycles. The first-order valence-electron chi connectivity index (χ1n) is 7.96. The van der Waals surface area contributed by atoms with Crippen LogP contribution in [-0.2, 0) is 4.79 Å². The summed E-state index contributed by atoms with van der Waals surface area (Å²) in [6, 6.07) is 0.592. The van der Waals surface area contributed by atoms with Crippen molar-refractivity contribution >= 4 is 17.7 Å². The molecule has 3 aliphatic rings. The second kappa shape index (κ2) is 6.49. The number of amides is 1. The summed E-state index contributed by atoms with van der Waals surface area (Å²) in [6.07, 6.45) is 8.99. The summed E-state index contributed by atoms with van der Waals surface area (Å²) in [4.78, 5) is 14.7. The molecule has 2 aliphatic heterocycles. The Kier molecular flexibility index (Phi) is 4.69. The molecule has 19 heavy (non-hydrogen) atoms. The zero-order valence-electron chi connectivity index (χ0n) is 11.8. The Labute approximate surface area is 120 Å². The molecule has 2 saturated heterocycles. The molecule has 0 bridgehead atoms. The van der Waals surface area contributed by atoms with E-state index in [-0.39, 0.29) is 0 Å². The summed E-state index contributed by atoms with van der Waals surface area (Å²) < 4.78 is 0. The highest BCUT2D eigenvalue weighted by Gasteiger charge is 2.37. The Balaban J connectivity index is 1.48. The molecule has 2 atom stereocenters. The lowest BCUT2D eigenvalue weighted by atomic mass is 9.92. The summed E-state index contributed by atoms with van der Waals surface area (Å²) in [5, 5.41) is 4.09. The van der Waals surface area contributed by atoms with Gasteiger partial charge in [0.15, 0.2) is 0 Å². The minimum atomic E-state index is 0.417. The van der Waals surface area contributed by atoms with Gasteiger partial charge in [0.05, 0.1) is 5.75 Å². The number of hydrogen-bond donors (Lipinski definition) is 1. The predicted octanol–water partition coefficient (Wildman–Crippen LogP) is 2.26. The molecule has 4 heteroatoms. The molecule has 3 rings (SSSR count). The van der Waals surface area contributed by atoms with Gasteiger partial charge in [-0.2, -0.15) is 0 Å². The van der Waals surface area contributed by atoms with Crippen LogP contribution in [-0.4, -0.2) is 47.5 Å². The van der Waals surface area contributed by atoms with Gasteiger partial charge in [0.25, 0.3) is 0 Å². The van der Waals surface area contributed by atoms with Crippen LogP contribution in [0.2, 0.25) is 0 Å². The van der Waals surface area contributed by atoms with E-state index in [9.17, 15) is 4.79 Å². The van der Waals surface area contributed by atoms with E-state index >= 15 is 0 Å². The molecule has 2 heterocycles. The Morgan fingerprint density at radius 2 is 1.89 bits per heavy atom. The van der Waals surface area contributed by atoms with E-state index in [0.717, 1.165) is 25.6 Å². The number of likely N-dealkylation sites (tertiary alicyclic amines) is 1. The van der Waals surface area contributed by atoms with Crippen LogP contribution in [0.25, 0.3) is 0 Å². The highest BCUT2D eigenvalue weighted by Crippen LogP contribution is 2.37. The number of piperidine rings is 2. The molecule has 2 unspecified atom stereocenters. The van der Waals surface area contributed by atoms with Crippen molar-refractivity contribution in [2.75, 3.05) is 25.4 Å². The van der Waals surface area contributed by atoms with Gasteiger partial charge in [-0.15, -0.1) is 11.8 Å². The number of nitrogens with one attached hydrogen (secondary N) is 1. The third kappa shape index (κ3) is 3.27. The molecule has 1 aliphatic carbocycles. The largest absolute Gasteiger partial charge is 0.339 e. The lowest BCUT2D eigenvalue weighted by Crippen LogP contribution is -2.47. The summed E-state index contributed by atoms with van der Waals surface area (Å²) in [7, 11) is 0. The first-order chi connectivity index (χ1) is 9.34. The quantitative estimate of drug-likeness (QED) is 0.862. The standard InChI is InChI=1S/C15H26N2OS/c18-15(11-19-13-6-8-16-9-7-13)17-10-2-4-12-3-1-5-14(12)17/h12-14,16H,1-11H2. The zero-order chi connectivity index (χ0) is 13.1. The molecule has 3 fully saturated rings. The molecule has 0 aromatic heterocycles. The van der Waals surface area contributed by atoms with Gasteiger partial charge >= 0.3 is 0 Å². The summed E-state index contributed by atoms with van der Waals surface area (Å²) >= 11 is 1.90. The number of carbonyl (C=O) groups excluding carboxylic acids is 1. The van der Waals surface area contributed by atoms with E-state index in [1.165, 1.54) is 44.9 Å². The van der Waals surface area contributed by atoms with Crippen LogP contribution < -0.4 is 5.32 Å². The van der Waals surface area contributed by atoms with Crippen molar-refractivity contribution < 1.29 is 4.79 Å². The number of rotatable bonds is 3. The molecule has 108 valence electrons. The monoisotopic (exact) mass is 282 g/mol. The van der Waals surface area contributed by atoms with Crippen LogP contribution in [0.1, 0.15) is 44.9 Å². The van der Waals surface area contributed by atoms with E-state index < -0.39 is 0 Å². The van der Waals surface area contributed by atoms with Crippen molar-refractivity contribution in [1.29, 1.82) is 0 Å². The van der Waals surface area contributed by atoms with Crippen LogP contribution in [0.5, 0.6) is 0 Å². The van der Waals surface area contributed by atoms with Gasteiger partial charge < -0.3 is 10.2 Å². The Morgan fingerprint density at radius 3 is 2.74 bits per heavy atom. The Bertz CT molecular complexity index is 317. The second-order valence-electron chi connectivity index (χ2n) is 6.25. The van der Waals surface area contributed by atoms with Crippen LogP contribution in [0.3, 0.4) is 0 Å². The van der Waals surface area contributed by atoms with Gasteiger partial charge in [-0.05, 0) is 57.5 Å². The van der Waals surface area contributed by atoms with Gasteiger partial charge in [-0.3, -0.25) is 4.79 Å². The minimum Gasteiger partial charge on any atom is -0.339 e. The first-order valence-corrected chi connectivity index (χ1v) is 9.01. The van der Waals surface area contributed by atoms with Gasteiger partial charge in [-0.25, -0.2) is 0 Å². The highest BCUT2D eigenvalue weighted by atomic mass is 32.2. The Hall–Kier alpha value is -0.220. The lowest BCUT2D eigenvalue weighted by Gasteiger charge is -2.38. The smallest absolute Gasteiger partial charge is 0.232 e. The molecule has 1 saturated carbocycles. The van der Waals surface area contributed by atoms with E-state index in [1.54, 1.807) is 0 Å². The van der Waals surface area contributed by atoms with Crippen LogP contribution in [0, 0.1) is 5.92 Å². The number of fused-ring (bicyclic) bond motifs is 1. The van der Waals surface area contributed by atoms with Gasteiger partial charge in [0.2, 0.25) is 5.91 Å². The Morgan fingerprint density at radius 1 is 1.11 bits per heavy atom. The molecule has 1 amide bonds. The van der Waals surface area contributed by atoms with Crippen LogP contribution >= 0.6 is 11.8 Å². The molecule has 1 N–H and O–H groups in total. The molecule has 0 aromatic rings. The van der Waals surface area contributed by atoms with Gasteiger partial charge in [-0.1, -0.05) is 6.42 Å². The molecular weight excluding hydrogens is 256 g/mol. The van der Waals surface area contributed by atoms with Crippen molar-refractivity contribution in [3.05, 3.63) is 0 Å². The SMILES string of the molecule is O=C(CSC1CCNCC1)N1CCCC2CCCC21. The molecule has 3 nitrogen and oxygen atoms in total. The van der Waals surface area contributed by atoms with E-state index in [2.05, 4.69) is 10.2 Å². The summed E-state index contributed by atoms with van der Waals surface area (Å²) in [5.74, 6) is 1.95. The second-order valence-corrected chi connectivity index (χ2v) is 7.54. The maximum absolute atomic E-state index is 12.5. The fraction of sp³-hybridized carbons (Fsp3) is 0.933. The number of nitrogens with zero attached hydrogens (tertiary/aromatic N) is 1. The average molecular weight is 282 g/mol. The zero-order valence-corrected chi connectivity index (χ0v) is 12.6. The lowest BCUT2D eigenvalue weighted by molar-refractivity contribution is -0.132. The van der Waals surface area contributed by atoms with Crippen molar-refractivity contribution in [1.82, 2.24) is 10.2 Å². The maximum Gasteiger partial charge on any atom is 0.232 e. The van der Waals surface area contributed by atoms with Crippen LogP contribution in [0.15, 0.2) is 0 Å².